The molecule has 1 aromatic carbocycles. The van der Waals surface area contributed by atoms with Gasteiger partial charge in [0.25, 0.3) is 5.91 Å². The molecule has 0 aromatic heterocycles. The van der Waals surface area contributed by atoms with Gasteiger partial charge in [-0.05, 0) is 63.3 Å². The lowest BCUT2D eigenvalue weighted by Gasteiger charge is -2.36. The molecule has 2 aliphatic rings. The zero-order valence-electron chi connectivity index (χ0n) is 18.0. The molecule has 6 heteroatoms. The highest BCUT2D eigenvalue weighted by Crippen LogP contribution is 2.21. The summed E-state index contributed by atoms with van der Waals surface area (Å²) in [6, 6.07) is 8.30. The molecular weight excluding hydrogens is 368 g/mol. The van der Waals surface area contributed by atoms with Crippen molar-refractivity contribution in [3.05, 3.63) is 41.3 Å². The molecule has 160 valence electrons. The second-order valence-electron chi connectivity index (χ2n) is 7.84. The zero-order chi connectivity index (χ0) is 20.6. The highest BCUT2D eigenvalue weighted by molar-refractivity contribution is 5.92. The molecule has 0 spiro atoms. The normalized spacial score (nSPS) is 20.0. The maximum absolute atomic E-state index is 12.9. The smallest absolute Gasteiger partial charge is 0.292 e. The minimum absolute atomic E-state index is 0.0433. The average Bonchev–Trinajstić information content (AvgIpc) is 2.76. The standard InChI is InChI=1S/C23H34N2O4/c1-4-25(23(26)22-18(2)28-13-14-29-22)17-20-8-6-11-24(16-20)12-10-19-7-5-9-21(15-19)27-3/h5,7,9,15,20H,4,6,8,10-14,16-17H2,1-3H3. The summed E-state index contributed by atoms with van der Waals surface area (Å²) in [4.78, 5) is 17.3. The molecule has 2 aliphatic heterocycles. The monoisotopic (exact) mass is 402 g/mol. The number of piperidine rings is 1. The first-order valence-electron chi connectivity index (χ1n) is 10.7. The first-order valence-corrected chi connectivity index (χ1v) is 10.7. The summed E-state index contributed by atoms with van der Waals surface area (Å²) in [7, 11) is 1.71. The number of likely N-dealkylation sites (N-methyl/N-ethyl adjacent to an activating group) is 1. The van der Waals surface area contributed by atoms with Crippen molar-refractivity contribution in [3.8, 4) is 5.75 Å². The molecule has 0 aliphatic carbocycles. The molecule has 1 unspecified atom stereocenters. The van der Waals surface area contributed by atoms with E-state index >= 15 is 0 Å². The lowest BCUT2D eigenvalue weighted by atomic mass is 9.96. The van der Waals surface area contributed by atoms with Gasteiger partial charge in [-0.15, -0.1) is 0 Å². The van der Waals surface area contributed by atoms with Crippen molar-refractivity contribution < 1.29 is 19.0 Å². The van der Waals surface area contributed by atoms with E-state index in [1.54, 1.807) is 14.0 Å². The molecule has 29 heavy (non-hydrogen) atoms. The average molecular weight is 403 g/mol. The van der Waals surface area contributed by atoms with Crippen molar-refractivity contribution in [2.75, 3.05) is 53.0 Å². The minimum Gasteiger partial charge on any atom is -0.497 e. The Morgan fingerprint density at radius 2 is 2.14 bits per heavy atom. The van der Waals surface area contributed by atoms with Crippen LogP contribution in [-0.4, -0.2) is 68.8 Å². The van der Waals surface area contributed by atoms with Gasteiger partial charge in [-0.1, -0.05) is 12.1 Å². The lowest BCUT2D eigenvalue weighted by Crippen LogP contribution is -2.44. The molecule has 2 heterocycles. The van der Waals surface area contributed by atoms with Crippen LogP contribution in [0.2, 0.25) is 0 Å². The van der Waals surface area contributed by atoms with E-state index in [4.69, 9.17) is 14.2 Å². The number of hydrogen-bond donors (Lipinski definition) is 0. The van der Waals surface area contributed by atoms with Crippen LogP contribution >= 0.6 is 0 Å². The van der Waals surface area contributed by atoms with Gasteiger partial charge in [-0.25, -0.2) is 0 Å². The maximum Gasteiger partial charge on any atom is 0.292 e. The quantitative estimate of drug-likeness (QED) is 0.669. The summed E-state index contributed by atoms with van der Waals surface area (Å²) in [5.41, 5.74) is 1.30. The van der Waals surface area contributed by atoms with Crippen LogP contribution in [0.3, 0.4) is 0 Å². The SMILES string of the molecule is CCN(CC1CCCN(CCc2cccc(OC)c2)C1)C(=O)C1=C(C)OCCO1. The van der Waals surface area contributed by atoms with Gasteiger partial charge in [0.2, 0.25) is 5.76 Å². The fourth-order valence-corrected chi connectivity index (χ4v) is 4.15. The largest absolute Gasteiger partial charge is 0.497 e. The molecule has 0 N–H and O–H groups in total. The Labute approximate surface area is 174 Å². The number of benzene rings is 1. The van der Waals surface area contributed by atoms with Crippen molar-refractivity contribution in [2.24, 2.45) is 5.92 Å². The molecule has 0 bridgehead atoms. The Kier molecular flexibility index (Phi) is 7.81. The van der Waals surface area contributed by atoms with Crippen LogP contribution in [0.5, 0.6) is 5.75 Å². The molecule has 1 amide bonds. The number of likely N-dealkylation sites (tertiary alicyclic amines) is 1. The number of rotatable bonds is 8. The van der Waals surface area contributed by atoms with E-state index in [1.165, 1.54) is 12.0 Å². The molecule has 0 radical (unpaired) electrons. The molecule has 1 atom stereocenters. The van der Waals surface area contributed by atoms with Gasteiger partial charge in [0.1, 0.15) is 24.7 Å². The number of carbonyl (C=O) groups is 1. The van der Waals surface area contributed by atoms with Crippen LogP contribution in [0.25, 0.3) is 0 Å². The fraction of sp³-hybridized carbons (Fsp3) is 0.609. The third-order valence-electron chi connectivity index (χ3n) is 5.76. The van der Waals surface area contributed by atoms with Crippen LogP contribution in [-0.2, 0) is 20.7 Å². The molecule has 6 nitrogen and oxygen atoms in total. The topological polar surface area (TPSA) is 51.2 Å². The van der Waals surface area contributed by atoms with Gasteiger partial charge in [-0.2, -0.15) is 0 Å². The molecule has 1 saturated heterocycles. The van der Waals surface area contributed by atoms with Crippen LogP contribution in [0, 0.1) is 5.92 Å². The molecule has 1 fully saturated rings. The Hall–Kier alpha value is -2.21. The molecule has 0 saturated carbocycles. The van der Waals surface area contributed by atoms with Crippen LogP contribution in [0.4, 0.5) is 0 Å². The minimum atomic E-state index is -0.0433. The number of allylic oxidation sites excluding steroid dienone is 1. The summed E-state index contributed by atoms with van der Waals surface area (Å²) < 4.78 is 16.4. The summed E-state index contributed by atoms with van der Waals surface area (Å²) in [5.74, 6) is 2.34. The number of hydrogen-bond acceptors (Lipinski definition) is 5. The summed E-state index contributed by atoms with van der Waals surface area (Å²) >= 11 is 0. The predicted octanol–water partition coefficient (Wildman–Crippen LogP) is 3.08. The van der Waals surface area contributed by atoms with E-state index in [0.717, 1.165) is 44.8 Å². The molecular formula is C23H34N2O4. The second-order valence-corrected chi connectivity index (χ2v) is 7.84. The van der Waals surface area contributed by atoms with Crippen molar-refractivity contribution in [1.29, 1.82) is 0 Å². The van der Waals surface area contributed by atoms with E-state index in [1.807, 2.05) is 24.0 Å². The second kappa shape index (κ2) is 10.5. The van der Waals surface area contributed by atoms with Gasteiger partial charge in [0.15, 0.2) is 0 Å². The number of amides is 1. The lowest BCUT2D eigenvalue weighted by molar-refractivity contribution is -0.133. The summed E-state index contributed by atoms with van der Waals surface area (Å²) in [5, 5.41) is 0. The highest BCUT2D eigenvalue weighted by Gasteiger charge is 2.28. The number of nitrogens with zero attached hydrogens (tertiary/aromatic N) is 2. The van der Waals surface area contributed by atoms with Crippen LogP contribution < -0.4 is 4.74 Å². The van der Waals surface area contributed by atoms with Crippen LogP contribution in [0.15, 0.2) is 35.8 Å². The first-order chi connectivity index (χ1) is 14.1. The van der Waals surface area contributed by atoms with Gasteiger partial charge < -0.3 is 24.0 Å². The number of ether oxygens (including phenoxy) is 3. The van der Waals surface area contributed by atoms with Gasteiger partial charge in [-0.3, -0.25) is 4.79 Å². The Bertz CT molecular complexity index is 719. The van der Waals surface area contributed by atoms with Crippen molar-refractivity contribution in [1.82, 2.24) is 9.80 Å². The highest BCUT2D eigenvalue weighted by atomic mass is 16.6. The Balaban J connectivity index is 1.53. The third-order valence-corrected chi connectivity index (χ3v) is 5.76. The summed E-state index contributed by atoms with van der Waals surface area (Å²) in [6.45, 7) is 9.43. The maximum atomic E-state index is 12.9. The van der Waals surface area contributed by atoms with Gasteiger partial charge in [0.05, 0.1) is 7.11 Å². The van der Waals surface area contributed by atoms with E-state index in [2.05, 4.69) is 17.0 Å². The molecule has 1 aromatic rings. The van der Waals surface area contributed by atoms with E-state index in [9.17, 15) is 4.79 Å². The van der Waals surface area contributed by atoms with E-state index in [-0.39, 0.29) is 5.91 Å². The first kappa shape index (κ1) is 21.5. The van der Waals surface area contributed by atoms with E-state index < -0.39 is 0 Å². The third kappa shape index (κ3) is 5.89. The predicted molar refractivity (Wildman–Crippen MR) is 113 cm³/mol. The fourth-order valence-electron chi connectivity index (χ4n) is 4.15. The van der Waals surface area contributed by atoms with Crippen LogP contribution in [0.1, 0.15) is 32.3 Å². The zero-order valence-corrected chi connectivity index (χ0v) is 18.0. The van der Waals surface area contributed by atoms with Gasteiger partial charge in [0, 0.05) is 26.2 Å². The van der Waals surface area contributed by atoms with Crippen molar-refractivity contribution >= 4 is 5.91 Å². The van der Waals surface area contributed by atoms with Crippen molar-refractivity contribution in [3.63, 3.8) is 0 Å². The summed E-state index contributed by atoms with van der Waals surface area (Å²) in [6.07, 6.45) is 3.35. The van der Waals surface area contributed by atoms with Gasteiger partial charge >= 0.3 is 0 Å². The van der Waals surface area contributed by atoms with Crippen molar-refractivity contribution in [2.45, 2.75) is 33.1 Å². The molecule has 3 rings (SSSR count). The number of carbonyl (C=O) groups excluding carboxylic acids is 1. The number of methoxy groups -OCH3 is 1. The Morgan fingerprint density at radius 1 is 1.31 bits per heavy atom. The Morgan fingerprint density at radius 3 is 2.90 bits per heavy atom. The van der Waals surface area contributed by atoms with E-state index in [0.29, 0.717) is 37.2 Å².